The number of rotatable bonds is 4. The summed E-state index contributed by atoms with van der Waals surface area (Å²) in [4.78, 5) is 4.35. The van der Waals surface area contributed by atoms with Gasteiger partial charge in [0.05, 0.1) is 12.2 Å². The van der Waals surface area contributed by atoms with Crippen LogP contribution in [0.4, 0.5) is 5.69 Å². The molecule has 0 aliphatic rings. The van der Waals surface area contributed by atoms with Gasteiger partial charge in [0.25, 0.3) is 0 Å². The second-order valence-electron chi connectivity index (χ2n) is 4.79. The molecule has 0 radical (unpaired) electrons. The van der Waals surface area contributed by atoms with Crippen LogP contribution in [0.3, 0.4) is 0 Å². The minimum atomic E-state index is 0.411. The summed E-state index contributed by atoms with van der Waals surface area (Å²) in [7, 11) is 0. The molecule has 1 heterocycles. The highest BCUT2D eigenvalue weighted by molar-refractivity contribution is 5.92. The van der Waals surface area contributed by atoms with Crippen molar-refractivity contribution in [2.45, 2.75) is 33.7 Å². The molecule has 0 saturated heterocycles. The number of benzene rings is 1. The topological polar surface area (TPSA) is 79.1 Å². The molecule has 2 aromatic rings. The molecule has 0 amide bonds. The van der Waals surface area contributed by atoms with Crippen molar-refractivity contribution in [1.29, 1.82) is 0 Å². The van der Waals surface area contributed by atoms with Crippen molar-refractivity contribution < 1.29 is 0 Å². The van der Waals surface area contributed by atoms with E-state index in [1.165, 1.54) is 5.56 Å². The minimum absolute atomic E-state index is 0.411. The lowest BCUT2D eigenvalue weighted by molar-refractivity contribution is 1.02. The number of anilines is 1. The number of nitrogens with one attached hydrogen (secondary N) is 2. The molecule has 0 spiro atoms. The fourth-order valence-corrected chi connectivity index (χ4v) is 1.98. The molecule has 0 fully saturated rings. The second-order valence-corrected chi connectivity index (χ2v) is 4.79. The minimum Gasteiger partial charge on any atom is -0.370 e. The Morgan fingerprint density at radius 3 is 2.55 bits per heavy atom. The number of hydrogen-bond donors (Lipinski definition) is 3. The third-order valence-electron chi connectivity index (χ3n) is 3.32. The first-order valence-corrected chi connectivity index (χ1v) is 6.76. The average molecular weight is 271 g/mol. The van der Waals surface area contributed by atoms with E-state index in [0.717, 1.165) is 29.1 Å². The van der Waals surface area contributed by atoms with Crippen LogP contribution in [-0.4, -0.2) is 16.2 Å². The number of hydrogen-bond acceptors (Lipinski definition) is 2. The maximum atomic E-state index is 5.90. The molecule has 0 saturated carbocycles. The highest BCUT2D eigenvalue weighted by Gasteiger charge is 2.05. The zero-order valence-electron chi connectivity index (χ0n) is 12.2. The highest BCUT2D eigenvalue weighted by Crippen LogP contribution is 2.12. The summed E-state index contributed by atoms with van der Waals surface area (Å²) in [5.41, 5.74) is 11.2. The van der Waals surface area contributed by atoms with E-state index in [0.29, 0.717) is 12.5 Å². The van der Waals surface area contributed by atoms with Crippen molar-refractivity contribution >= 4 is 11.6 Å². The molecular weight excluding hydrogens is 250 g/mol. The van der Waals surface area contributed by atoms with Crippen LogP contribution in [0.2, 0.25) is 0 Å². The Morgan fingerprint density at radius 2 is 2.00 bits per heavy atom. The van der Waals surface area contributed by atoms with E-state index in [2.05, 4.69) is 39.6 Å². The van der Waals surface area contributed by atoms with Gasteiger partial charge in [-0.15, -0.1) is 0 Å². The SMILES string of the molecule is CCc1ccc(NC(N)=NCc2c(C)n[nH]c2C)cc1. The van der Waals surface area contributed by atoms with Gasteiger partial charge in [-0.1, -0.05) is 19.1 Å². The molecular formula is C15H21N5. The van der Waals surface area contributed by atoms with Crippen LogP contribution in [0.25, 0.3) is 0 Å². The normalized spacial score (nSPS) is 11.7. The van der Waals surface area contributed by atoms with Crippen LogP contribution in [0, 0.1) is 13.8 Å². The first-order valence-electron chi connectivity index (χ1n) is 6.76. The van der Waals surface area contributed by atoms with Crippen LogP contribution in [0.5, 0.6) is 0 Å². The summed E-state index contributed by atoms with van der Waals surface area (Å²) in [6.07, 6.45) is 1.03. The monoisotopic (exact) mass is 271 g/mol. The third kappa shape index (κ3) is 3.38. The van der Waals surface area contributed by atoms with Crippen molar-refractivity contribution in [2.24, 2.45) is 10.7 Å². The Hall–Kier alpha value is -2.30. The quantitative estimate of drug-likeness (QED) is 0.590. The van der Waals surface area contributed by atoms with Crippen molar-refractivity contribution in [3.63, 3.8) is 0 Å². The summed E-state index contributed by atoms with van der Waals surface area (Å²) in [6.45, 7) is 6.60. The van der Waals surface area contributed by atoms with Gasteiger partial charge in [0.2, 0.25) is 0 Å². The Labute approximate surface area is 119 Å². The molecule has 0 atom stereocenters. The van der Waals surface area contributed by atoms with E-state index in [9.17, 15) is 0 Å². The molecule has 20 heavy (non-hydrogen) atoms. The van der Waals surface area contributed by atoms with Gasteiger partial charge in [-0.25, -0.2) is 4.99 Å². The zero-order valence-corrected chi connectivity index (χ0v) is 12.2. The van der Waals surface area contributed by atoms with Gasteiger partial charge in [-0.2, -0.15) is 5.10 Å². The maximum absolute atomic E-state index is 5.90. The van der Waals surface area contributed by atoms with E-state index in [-0.39, 0.29) is 0 Å². The molecule has 0 aliphatic heterocycles. The van der Waals surface area contributed by atoms with Crippen molar-refractivity contribution in [2.75, 3.05) is 5.32 Å². The molecule has 106 valence electrons. The van der Waals surface area contributed by atoms with Crippen molar-refractivity contribution in [3.05, 3.63) is 46.8 Å². The van der Waals surface area contributed by atoms with Crippen molar-refractivity contribution in [1.82, 2.24) is 10.2 Å². The fourth-order valence-electron chi connectivity index (χ4n) is 1.98. The van der Waals surface area contributed by atoms with Gasteiger partial charge in [0, 0.05) is 16.9 Å². The summed E-state index contributed by atoms with van der Waals surface area (Å²) >= 11 is 0. The van der Waals surface area contributed by atoms with E-state index in [1.807, 2.05) is 26.0 Å². The molecule has 5 nitrogen and oxygen atoms in total. The van der Waals surface area contributed by atoms with Crippen LogP contribution in [0.15, 0.2) is 29.3 Å². The largest absolute Gasteiger partial charge is 0.370 e. The van der Waals surface area contributed by atoms with Gasteiger partial charge in [-0.3, -0.25) is 5.10 Å². The van der Waals surface area contributed by atoms with Crippen molar-refractivity contribution in [3.8, 4) is 0 Å². The van der Waals surface area contributed by atoms with E-state index in [4.69, 9.17) is 5.73 Å². The zero-order chi connectivity index (χ0) is 14.5. The summed E-state index contributed by atoms with van der Waals surface area (Å²) < 4.78 is 0. The highest BCUT2D eigenvalue weighted by atomic mass is 15.1. The van der Waals surface area contributed by atoms with Gasteiger partial charge < -0.3 is 11.1 Å². The number of aromatic nitrogens is 2. The average Bonchev–Trinajstić information content (AvgIpc) is 2.77. The molecule has 0 bridgehead atoms. The predicted octanol–water partition coefficient (Wildman–Crippen LogP) is 2.52. The second kappa shape index (κ2) is 6.23. The standard InChI is InChI=1S/C15H21N5/c1-4-12-5-7-13(8-6-12)18-15(16)17-9-14-10(2)19-20-11(14)3/h5-8H,4,9H2,1-3H3,(H,19,20)(H3,16,17,18). The Morgan fingerprint density at radius 1 is 1.30 bits per heavy atom. The number of aryl methyl sites for hydroxylation is 3. The number of H-pyrrole nitrogens is 1. The molecule has 1 aromatic carbocycles. The number of nitrogens with two attached hydrogens (primary N) is 1. The fraction of sp³-hybridized carbons (Fsp3) is 0.333. The summed E-state index contributed by atoms with van der Waals surface area (Å²) in [5.74, 6) is 0.411. The Balaban J connectivity index is 2.00. The summed E-state index contributed by atoms with van der Waals surface area (Å²) in [5, 5.41) is 10.2. The maximum Gasteiger partial charge on any atom is 0.193 e. The molecule has 4 N–H and O–H groups in total. The molecule has 0 unspecified atom stereocenters. The third-order valence-corrected chi connectivity index (χ3v) is 3.32. The molecule has 2 rings (SSSR count). The van der Waals surface area contributed by atoms with Crippen LogP contribution >= 0.6 is 0 Å². The first-order chi connectivity index (χ1) is 9.60. The van der Waals surface area contributed by atoms with E-state index >= 15 is 0 Å². The first kappa shape index (κ1) is 14.1. The lowest BCUT2D eigenvalue weighted by Crippen LogP contribution is -2.22. The molecule has 1 aromatic heterocycles. The Bertz CT molecular complexity index is 576. The van der Waals surface area contributed by atoms with Gasteiger partial charge >= 0.3 is 0 Å². The number of aromatic amines is 1. The number of guanidine groups is 1. The smallest absolute Gasteiger partial charge is 0.193 e. The lowest BCUT2D eigenvalue weighted by Gasteiger charge is -2.06. The lowest BCUT2D eigenvalue weighted by atomic mass is 10.1. The van der Waals surface area contributed by atoms with Crippen LogP contribution in [0.1, 0.15) is 29.4 Å². The van der Waals surface area contributed by atoms with Crippen LogP contribution < -0.4 is 11.1 Å². The number of aliphatic imine (C=N–C) groups is 1. The van der Waals surface area contributed by atoms with Crippen LogP contribution in [-0.2, 0) is 13.0 Å². The Kier molecular flexibility index (Phi) is 4.40. The predicted molar refractivity (Wildman–Crippen MR) is 82.8 cm³/mol. The van der Waals surface area contributed by atoms with Gasteiger partial charge in [0.15, 0.2) is 5.96 Å². The van der Waals surface area contributed by atoms with E-state index in [1.54, 1.807) is 0 Å². The molecule has 5 heteroatoms. The molecule has 0 aliphatic carbocycles. The van der Waals surface area contributed by atoms with Gasteiger partial charge in [-0.05, 0) is 38.0 Å². The van der Waals surface area contributed by atoms with Gasteiger partial charge in [0.1, 0.15) is 0 Å². The van der Waals surface area contributed by atoms with E-state index < -0.39 is 0 Å². The number of nitrogens with zero attached hydrogens (tertiary/aromatic N) is 2. The summed E-state index contributed by atoms with van der Waals surface area (Å²) in [6, 6.07) is 8.19.